The third kappa shape index (κ3) is 5.96. The minimum Gasteiger partial charge on any atom is -0.309 e. The molecule has 0 saturated carbocycles. The Labute approximate surface area is 344 Å². The van der Waals surface area contributed by atoms with Gasteiger partial charge < -0.3 is 9.80 Å². The fourth-order valence-electron chi connectivity index (χ4n) is 9.12. The van der Waals surface area contributed by atoms with E-state index in [4.69, 9.17) is 0 Å². The Bertz CT molecular complexity index is 3290. The molecule has 0 aliphatic carbocycles. The Morgan fingerprint density at radius 3 is 0.915 bits per heavy atom. The maximum atomic E-state index is 2.51. The highest BCUT2D eigenvalue weighted by Gasteiger charge is 2.27. The second kappa shape index (κ2) is 13.9. The van der Waals surface area contributed by atoms with E-state index in [9.17, 15) is 0 Å². The number of hydrogen-bond donors (Lipinski definition) is 0. The molecule has 0 aromatic heterocycles. The molecule has 0 atom stereocenters. The molecule has 0 unspecified atom stereocenters. The fourth-order valence-corrected chi connectivity index (χ4v) is 9.12. The van der Waals surface area contributed by atoms with Crippen molar-refractivity contribution in [1.82, 2.24) is 0 Å². The maximum Gasteiger partial charge on any atom is 0.0620 e. The molecule has 0 bridgehead atoms. The van der Waals surface area contributed by atoms with E-state index < -0.39 is 0 Å². The molecular weight excluding hydrogens is 713 g/mol. The Morgan fingerprint density at radius 2 is 0.559 bits per heavy atom. The number of hydrogen-bond acceptors (Lipinski definition) is 2. The predicted molar refractivity (Wildman–Crippen MR) is 255 cm³/mol. The van der Waals surface area contributed by atoms with E-state index >= 15 is 0 Å². The van der Waals surface area contributed by atoms with Gasteiger partial charge in [-0.15, -0.1) is 0 Å². The van der Waals surface area contributed by atoms with Crippen LogP contribution in [0.25, 0.3) is 64.6 Å². The molecule has 0 aliphatic heterocycles. The molecule has 0 amide bonds. The molecule has 59 heavy (non-hydrogen) atoms. The van der Waals surface area contributed by atoms with E-state index in [-0.39, 0.29) is 0 Å². The molecule has 2 nitrogen and oxygen atoms in total. The van der Waals surface area contributed by atoms with Crippen LogP contribution in [0.3, 0.4) is 0 Å². The second-order valence-corrected chi connectivity index (χ2v) is 16.0. The smallest absolute Gasteiger partial charge is 0.0620 e. The second-order valence-electron chi connectivity index (χ2n) is 16.0. The van der Waals surface area contributed by atoms with Crippen LogP contribution in [0.15, 0.2) is 200 Å². The topological polar surface area (TPSA) is 6.48 Å². The minimum absolute atomic E-state index is 1.12. The van der Waals surface area contributed by atoms with E-state index in [1.807, 2.05) is 0 Å². The van der Waals surface area contributed by atoms with Crippen molar-refractivity contribution < 1.29 is 0 Å². The Hall–Kier alpha value is -7.42. The normalized spacial score (nSPS) is 11.6. The summed E-state index contributed by atoms with van der Waals surface area (Å²) in [5.41, 5.74) is 10.6. The van der Waals surface area contributed by atoms with Crippen LogP contribution >= 0.6 is 0 Å². The minimum atomic E-state index is 1.12. The van der Waals surface area contributed by atoms with Crippen LogP contribution in [-0.2, 0) is 0 Å². The average Bonchev–Trinajstić information content (AvgIpc) is 3.27. The Kier molecular flexibility index (Phi) is 8.20. The standard InChI is InChI=1S/C57H42N2/c1-37-20-29-52-53(30-37)57(59(50-27-23-42-14-6-10-18-46(42)35-50)51-28-24-43-15-7-11-19-47(43)36-51)55-32-39(3)38(2)31-54(55)56(52)58(48-25-21-40-12-4-8-16-44(40)33-48)49-26-22-41-13-5-9-17-45(41)34-49/h4-36H,1-3H3. The quantitative estimate of drug-likeness (QED) is 0.123. The third-order valence-corrected chi connectivity index (χ3v) is 12.2. The van der Waals surface area contributed by atoms with E-state index in [1.165, 1.54) is 92.7 Å². The summed E-state index contributed by atoms with van der Waals surface area (Å²) in [6.45, 7) is 6.71. The molecule has 11 rings (SSSR count). The summed E-state index contributed by atoms with van der Waals surface area (Å²) in [7, 11) is 0. The van der Waals surface area contributed by atoms with Crippen LogP contribution in [0.4, 0.5) is 34.1 Å². The van der Waals surface area contributed by atoms with Gasteiger partial charge in [-0.2, -0.15) is 0 Å². The highest BCUT2D eigenvalue weighted by Crippen LogP contribution is 2.52. The lowest BCUT2D eigenvalue weighted by Gasteiger charge is -2.33. The van der Waals surface area contributed by atoms with Crippen molar-refractivity contribution in [2.75, 3.05) is 9.80 Å². The lowest BCUT2D eigenvalue weighted by Crippen LogP contribution is -2.15. The number of rotatable bonds is 6. The van der Waals surface area contributed by atoms with Crippen LogP contribution in [-0.4, -0.2) is 0 Å². The summed E-state index contributed by atoms with van der Waals surface area (Å²) in [5.74, 6) is 0. The lowest BCUT2D eigenvalue weighted by atomic mass is 9.91. The molecule has 11 aromatic carbocycles. The summed E-state index contributed by atoms with van der Waals surface area (Å²) < 4.78 is 0. The fraction of sp³-hybridized carbons (Fsp3) is 0.0526. The van der Waals surface area contributed by atoms with Crippen LogP contribution in [0.2, 0.25) is 0 Å². The first-order valence-electron chi connectivity index (χ1n) is 20.5. The van der Waals surface area contributed by atoms with Crippen molar-refractivity contribution in [2.24, 2.45) is 0 Å². The van der Waals surface area contributed by atoms with Gasteiger partial charge in [0.2, 0.25) is 0 Å². The van der Waals surface area contributed by atoms with Gasteiger partial charge >= 0.3 is 0 Å². The van der Waals surface area contributed by atoms with Gasteiger partial charge in [0.15, 0.2) is 0 Å². The van der Waals surface area contributed by atoms with Crippen LogP contribution in [0, 0.1) is 20.8 Å². The van der Waals surface area contributed by atoms with Gasteiger partial charge in [0.1, 0.15) is 0 Å². The van der Waals surface area contributed by atoms with E-state index in [2.05, 4.69) is 231 Å². The predicted octanol–water partition coefficient (Wildman–Crippen LogP) is 16.5. The molecule has 280 valence electrons. The summed E-state index contributed by atoms with van der Waals surface area (Å²) in [6.07, 6.45) is 0. The van der Waals surface area contributed by atoms with Crippen molar-refractivity contribution in [3.05, 3.63) is 217 Å². The molecule has 0 heterocycles. The van der Waals surface area contributed by atoms with Gasteiger partial charge in [0, 0.05) is 44.3 Å². The Balaban J connectivity index is 1.29. The number of aryl methyl sites for hydroxylation is 3. The van der Waals surface area contributed by atoms with E-state index in [0.29, 0.717) is 0 Å². The first-order chi connectivity index (χ1) is 29.0. The van der Waals surface area contributed by atoms with Crippen molar-refractivity contribution in [2.45, 2.75) is 20.8 Å². The molecule has 0 saturated heterocycles. The van der Waals surface area contributed by atoms with Crippen molar-refractivity contribution >= 4 is 98.8 Å². The highest BCUT2D eigenvalue weighted by molar-refractivity contribution is 6.24. The number of benzene rings is 11. The molecule has 0 aliphatic rings. The van der Waals surface area contributed by atoms with Crippen LogP contribution in [0.1, 0.15) is 16.7 Å². The summed E-state index contributed by atoms with van der Waals surface area (Å²) in [5, 5.41) is 14.5. The van der Waals surface area contributed by atoms with Crippen LogP contribution < -0.4 is 9.80 Å². The van der Waals surface area contributed by atoms with Gasteiger partial charge in [-0.3, -0.25) is 0 Å². The van der Waals surface area contributed by atoms with Gasteiger partial charge in [0.25, 0.3) is 0 Å². The Morgan fingerprint density at radius 1 is 0.254 bits per heavy atom. The molecule has 11 aromatic rings. The number of fused-ring (bicyclic) bond motifs is 6. The van der Waals surface area contributed by atoms with E-state index in [1.54, 1.807) is 0 Å². The molecule has 0 radical (unpaired) electrons. The zero-order valence-electron chi connectivity index (χ0n) is 33.4. The van der Waals surface area contributed by atoms with Gasteiger partial charge in [-0.05, 0) is 142 Å². The zero-order valence-corrected chi connectivity index (χ0v) is 33.4. The number of nitrogens with zero attached hydrogens (tertiary/aromatic N) is 2. The molecule has 0 spiro atoms. The molecule has 0 N–H and O–H groups in total. The summed E-state index contributed by atoms with van der Waals surface area (Å²) in [4.78, 5) is 5.02. The third-order valence-electron chi connectivity index (χ3n) is 12.2. The average molecular weight is 755 g/mol. The van der Waals surface area contributed by atoms with E-state index in [0.717, 1.165) is 22.7 Å². The lowest BCUT2D eigenvalue weighted by molar-refractivity contribution is 1.29. The molecule has 2 heteroatoms. The van der Waals surface area contributed by atoms with Crippen molar-refractivity contribution in [1.29, 1.82) is 0 Å². The summed E-state index contributed by atoms with van der Waals surface area (Å²) in [6, 6.07) is 74.2. The van der Waals surface area contributed by atoms with Crippen molar-refractivity contribution in [3.63, 3.8) is 0 Å². The zero-order chi connectivity index (χ0) is 39.6. The SMILES string of the molecule is Cc1ccc2c(N(c3ccc4ccccc4c3)c3ccc4ccccc4c3)c3cc(C)c(C)cc3c(N(c3ccc4ccccc4c3)c3ccc4ccccc4c3)c2c1. The number of anilines is 6. The first kappa shape index (κ1) is 34.8. The largest absolute Gasteiger partial charge is 0.309 e. The van der Waals surface area contributed by atoms with Crippen molar-refractivity contribution in [3.8, 4) is 0 Å². The first-order valence-corrected chi connectivity index (χ1v) is 20.5. The maximum absolute atomic E-state index is 2.51. The highest BCUT2D eigenvalue weighted by atomic mass is 15.2. The summed E-state index contributed by atoms with van der Waals surface area (Å²) >= 11 is 0. The van der Waals surface area contributed by atoms with Gasteiger partial charge in [0.05, 0.1) is 11.4 Å². The molecule has 0 fully saturated rings. The van der Waals surface area contributed by atoms with Crippen LogP contribution in [0.5, 0.6) is 0 Å². The molecular formula is C57H42N2. The van der Waals surface area contributed by atoms with Gasteiger partial charge in [-0.25, -0.2) is 0 Å². The monoisotopic (exact) mass is 754 g/mol. The van der Waals surface area contributed by atoms with Gasteiger partial charge in [-0.1, -0.05) is 139 Å².